The number of rotatable bonds is 5. The Labute approximate surface area is 160 Å². The van der Waals surface area contributed by atoms with Crippen molar-refractivity contribution in [2.24, 2.45) is 7.05 Å². The minimum absolute atomic E-state index is 0.0263. The fourth-order valence-corrected chi connectivity index (χ4v) is 3.39. The van der Waals surface area contributed by atoms with Gasteiger partial charge in [0.1, 0.15) is 5.82 Å². The fraction of sp³-hybridized carbons (Fsp3) is 0.368. The first-order chi connectivity index (χ1) is 13.5. The lowest BCUT2D eigenvalue weighted by molar-refractivity contribution is 0.0326. The minimum Gasteiger partial charge on any atom is -0.379 e. The molecular formula is C19H21N5O4. The Hall–Kier alpha value is -3.04. The number of carbonyl (C=O) groups is 1. The molecule has 9 nitrogen and oxygen atoms in total. The van der Waals surface area contributed by atoms with E-state index in [1.165, 1.54) is 4.57 Å². The lowest BCUT2D eigenvalue weighted by atomic mass is 10.1. The molecule has 1 fully saturated rings. The molecule has 146 valence electrons. The summed E-state index contributed by atoms with van der Waals surface area (Å²) in [6.45, 7) is 3.18. The number of benzene rings is 1. The third-order valence-electron chi connectivity index (χ3n) is 4.95. The number of imidazole rings is 1. The number of nitrogens with one attached hydrogen (secondary N) is 1. The number of carbonyl (C=O) groups excluding carboxylic acids is 1. The van der Waals surface area contributed by atoms with E-state index in [0.29, 0.717) is 31.1 Å². The van der Waals surface area contributed by atoms with Crippen molar-refractivity contribution in [3.63, 3.8) is 0 Å². The van der Waals surface area contributed by atoms with Gasteiger partial charge in [-0.15, -0.1) is 0 Å². The number of ether oxygens (including phenoxy) is 1. The van der Waals surface area contributed by atoms with Gasteiger partial charge in [0.25, 0.3) is 5.56 Å². The summed E-state index contributed by atoms with van der Waals surface area (Å²) in [6.07, 6.45) is 0. The molecule has 0 radical (unpaired) electrons. The topological polar surface area (TPSA) is 102 Å². The number of aromatic amines is 1. The Bertz CT molecular complexity index is 1120. The molecule has 0 aliphatic carbocycles. The van der Waals surface area contributed by atoms with E-state index in [1.54, 1.807) is 35.9 Å². The van der Waals surface area contributed by atoms with Crippen LogP contribution in [0.2, 0.25) is 0 Å². The average molecular weight is 383 g/mol. The standard InChI is InChI=1S/C19H21N5O4/c1-22-17-16(18(26)21-19(22)27)24(11-14(25)13-5-3-2-4-6-13)15(20-17)12-23-7-9-28-10-8-23/h2-6H,7-12H2,1H3,(H,21,26,27). The highest BCUT2D eigenvalue weighted by atomic mass is 16.5. The summed E-state index contributed by atoms with van der Waals surface area (Å²) in [4.78, 5) is 46.3. The van der Waals surface area contributed by atoms with E-state index in [1.807, 2.05) is 6.07 Å². The zero-order valence-corrected chi connectivity index (χ0v) is 15.6. The highest BCUT2D eigenvalue weighted by Gasteiger charge is 2.22. The van der Waals surface area contributed by atoms with E-state index in [2.05, 4.69) is 14.9 Å². The molecule has 1 aliphatic heterocycles. The third kappa shape index (κ3) is 3.41. The first kappa shape index (κ1) is 18.3. The van der Waals surface area contributed by atoms with Crippen LogP contribution in [0, 0.1) is 0 Å². The number of aryl methyl sites for hydroxylation is 1. The molecule has 0 unspecified atom stereocenters. The normalized spacial score (nSPS) is 15.2. The highest BCUT2D eigenvalue weighted by molar-refractivity contribution is 5.96. The van der Waals surface area contributed by atoms with Crippen molar-refractivity contribution >= 4 is 16.9 Å². The molecule has 28 heavy (non-hydrogen) atoms. The summed E-state index contributed by atoms with van der Waals surface area (Å²) >= 11 is 0. The molecule has 3 aromatic rings. The number of fused-ring (bicyclic) bond motifs is 1. The molecule has 1 saturated heterocycles. The van der Waals surface area contributed by atoms with Crippen LogP contribution < -0.4 is 11.2 Å². The highest BCUT2D eigenvalue weighted by Crippen LogP contribution is 2.15. The predicted molar refractivity (Wildman–Crippen MR) is 102 cm³/mol. The minimum atomic E-state index is -0.542. The van der Waals surface area contributed by atoms with Gasteiger partial charge in [-0.05, 0) is 0 Å². The van der Waals surface area contributed by atoms with Gasteiger partial charge in [0.05, 0.1) is 26.3 Å². The monoisotopic (exact) mass is 383 g/mol. The van der Waals surface area contributed by atoms with Crippen LogP contribution in [0.5, 0.6) is 0 Å². The van der Waals surface area contributed by atoms with Gasteiger partial charge < -0.3 is 9.30 Å². The second-order valence-electron chi connectivity index (χ2n) is 6.78. The number of H-pyrrole nitrogens is 1. The Kier molecular flexibility index (Phi) is 4.93. The first-order valence-corrected chi connectivity index (χ1v) is 9.11. The van der Waals surface area contributed by atoms with Crippen LogP contribution in [-0.2, 0) is 24.9 Å². The van der Waals surface area contributed by atoms with E-state index in [-0.39, 0.29) is 23.5 Å². The van der Waals surface area contributed by atoms with E-state index >= 15 is 0 Å². The summed E-state index contributed by atoms with van der Waals surface area (Å²) in [5.41, 5.74) is -0.00965. The van der Waals surface area contributed by atoms with Crippen molar-refractivity contribution in [2.45, 2.75) is 13.1 Å². The van der Waals surface area contributed by atoms with Crippen molar-refractivity contribution < 1.29 is 9.53 Å². The van der Waals surface area contributed by atoms with Crippen LogP contribution in [0.4, 0.5) is 0 Å². The van der Waals surface area contributed by atoms with Crippen molar-refractivity contribution in [3.05, 3.63) is 62.6 Å². The van der Waals surface area contributed by atoms with Gasteiger partial charge in [-0.1, -0.05) is 30.3 Å². The smallest absolute Gasteiger partial charge is 0.329 e. The van der Waals surface area contributed by atoms with Crippen LogP contribution in [0.15, 0.2) is 39.9 Å². The molecule has 3 heterocycles. The fourth-order valence-electron chi connectivity index (χ4n) is 3.39. The van der Waals surface area contributed by atoms with Gasteiger partial charge in [-0.2, -0.15) is 0 Å². The zero-order valence-electron chi connectivity index (χ0n) is 15.6. The number of nitrogens with zero attached hydrogens (tertiary/aromatic N) is 4. The van der Waals surface area contributed by atoms with E-state index in [4.69, 9.17) is 4.74 Å². The Balaban J connectivity index is 1.80. The lowest BCUT2D eigenvalue weighted by Gasteiger charge is -2.26. The number of hydrogen-bond donors (Lipinski definition) is 1. The Morgan fingerprint density at radius 2 is 1.89 bits per heavy atom. The van der Waals surface area contributed by atoms with Crippen molar-refractivity contribution in [2.75, 3.05) is 26.3 Å². The molecule has 0 spiro atoms. The van der Waals surface area contributed by atoms with Crippen LogP contribution in [0.3, 0.4) is 0 Å². The van der Waals surface area contributed by atoms with Gasteiger partial charge in [-0.3, -0.25) is 24.0 Å². The van der Waals surface area contributed by atoms with E-state index in [9.17, 15) is 14.4 Å². The maximum Gasteiger partial charge on any atom is 0.329 e. The number of hydrogen-bond acceptors (Lipinski definition) is 6. The SMILES string of the molecule is Cn1c(=O)[nH]c(=O)c2c1nc(CN1CCOCC1)n2CC(=O)c1ccccc1. The second kappa shape index (κ2) is 7.53. The maximum absolute atomic E-state index is 12.8. The van der Waals surface area contributed by atoms with Gasteiger partial charge in [0.2, 0.25) is 0 Å². The van der Waals surface area contributed by atoms with Crippen LogP contribution >= 0.6 is 0 Å². The largest absolute Gasteiger partial charge is 0.379 e. The third-order valence-corrected chi connectivity index (χ3v) is 4.95. The molecule has 1 N–H and O–H groups in total. The maximum atomic E-state index is 12.8. The molecule has 0 bridgehead atoms. The van der Waals surface area contributed by atoms with Crippen LogP contribution in [0.1, 0.15) is 16.2 Å². The van der Waals surface area contributed by atoms with Crippen LogP contribution in [-0.4, -0.2) is 56.1 Å². The second-order valence-corrected chi connectivity index (χ2v) is 6.78. The Morgan fingerprint density at radius 3 is 2.61 bits per heavy atom. The molecule has 0 saturated carbocycles. The molecule has 4 rings (SSSR count). The van der Waals surface area contributed by atoms with Crippen LogP contribution in [0.25, 0.3) is 11.2 Å². The number of ketones is 1. The molecule has 0 atom stereocenters. The van der Waals surface area contributed by atoms with Gasteiger partial charge >= 0.3 is 5.69 Å². The summed E-state index contributed by atoms with van der Waals surface area (Å²) in [5.74, 6) is 0.448. The molecule has 2 aromatic heterocycles. The lowest BCUT2D eigenvalue weighted by Crippen LogP contribution is -2.36. The quantitative estimate of drug-likeness (QED) is 0.629. The molecule has 9 heteroatoms. The molecular weight excluding hydrogens is 362 g/mol. The number of Topliss-reactive ketones (excluding diaryl/α,β-unsaturated/α-hetero) is 1. The first-order valence-electron chi connectivity index (χ1n) is 9.11. The molecule has 1 aromatic carbocycles. The summed E-state index contributed by atoms with van der Waals surface area (Å²) in [7, 11) is 1.55. The van der Waals surface area contributed by atoms with Crippen molar-refractivity contribution in [1.29, 1.82) is 0 Å². The Morgan fingerprint density at radius 1 is 1.18 bits per heavy atom. The zero-order chi connectivity index (χ0) is 19.7. The predicted octanol–water partition coefficient (Wildman–Crippen LogP) is 0.138. The van der Waals surface area contributed by atoms with Crippen molar-refractivity contribution in [3.8, 4) is 0 Å². The summed E-state index contributed by atoms with van der Waals surface area (Å²) < 4.78 is 8.30. The summed E-state index contributed by atoms with van der Waals surface area (Å²) in [6, 6.07) is 8.91. The summed E-state index contributed by atoms with van der Waals surface area (Å²) in [5, 5.41) is 0. The average Bonchev–Trinajstić information content (AvgIpc) is 3.06. The van der Waals surface area contributed by atoms with Crippen molar-refractivity contribution in [1.82, 2.24) is 24.0 Å². The number of morpholine rings is 1. The van der Waals surface area contributed by atoms with E-state index < -0.39 is 11.2 Å². The molecule has 1 aliphatic rings. The molecule has 0 amide bonds. The van der Waals surface area contributed by atoms with Gasteiger partial charge in [0.15, 0.2) is 16.9 Å². The van der Waals surface area contributed by atoms with E-state index in [0.717, 1.165) is 13.1 Å². The van der Waals surface area contributed by atoms with Gasteiger partial charge in [-0.25, -0.2) is 9.78 Å². The number of aromatic nitrogens is 4. The van der Waals surface area contributed by atoms with Gasteiger partial charge in [0, 0.05) is 25.7 Å².